The predicted molar refractivity (Wildman–Crippen MR) is 120 cm³/mol. The lowest BCUT2D eigenvalue weighted by molar-refractivity contribution is -0.142. The average molecular weight is 421 g/mol. The van der Waals surface area contributed by atoms with E-state index < -0.39 is 0 Å². The quantitative estimate of drug-likeness (QED) is 0.750. The third-order valence-electron chi connectivity index (χ3n) is 6.95. The Bertz CT molecular complexity index is 940. The first-order chi connectivity index (χ1) is 15.0. The number of hydrogen-bond donors (Lipinski definition) is 0. The third kappa shape index (κ3) is 4.34. The van der Waals surface area contributed by atoms with Gasteiger partial charge in [-0.3, -0.25) is 9.59 Å². The van der Waals surface area contributed by atoms with Crippen molar-refractivity contribution in [2.24, 2.45) is 5.92 Å². The maximum atomic E-state index is 13.6. The van der Waals surface area contributed by atoms with E-state index in [1.165, 1.54) is 6.42 Å². The van der Waals surface area contributed by atoms with Crippen molar-refractivity contribution in [3.05, 3.63) is 47.9 Å². The van der Waals surface area contributed by atoms with Crippen LogP contribution in [0.4, 0.5) is 0 Å². The number of benzene rings is 1. The van der Waals surface area contributed by atoms with Crippen molar-refractivity contribution in [1.82, 2.24) is 19.8 Å². The summed E-state index contributed by atoms with van der Waals surface area (Å²) in [5.74, 6) is 0.998. The van der Waals surface area contributed by atoms with E-state index in [1.807, 2.05) is 54.0 Å². The van der Waals surface area contributed by atoms with Gasteiger partial charge in [-0.05, 0) is 33.6 Å². The fourth-order valence-corrected chi connectivity index (χ4v) is 4.92. The second kappa shape index (κ2) is 9.16. The zero-order valence-electron chi connectivity index (χ0n) is 18.8. The lowest BCUT2D eigenvalue weighted by atomic mass is 9.87. The van der Waals surface area contributed by atoms with Gasteiger partial charge in [0, 0.05) is 42.9 Å². The van der Waals surface area contributed by atoms with Gasteiger partial charge in [0.25, 0.3) is 5.91 Å². The van der Waals surface area contributed by atoms with E-state index in [1.54, 1.807) is 6.20 Å². The van der Waals surface area contributed by atoms with Crippen molar-refractivity contribution in [3.63, 3.8) is 0 Å². The standard InChI is InChI=1S/C25H32N4O2/c1-17-18(2)29(15-14-28(17)24(30)21-12-8-5-9-13-21)25(31)22-16-26-19(3)27-23(22)20-10-6-4-7-11-20/h4,6-7,10-11,16-18,21H,5,8-9,12-15H2,1-3H3/t17-,18+/m1/s1. The van der Waals surface area contributed by atoms with E-state index in [4.69, 9.17) is 0 Å². The van der Waals surface area contributed by atoms with E-state index >= 15 is 0 Å². The minimum absolute atomic E-state index is 0.0151. The van der Waals surface area contributed by atoms with E-state index in [0.29, 0.717) is 30.2 Å². The molecule has 2 atom stereocenters. The van der Waals surface area contributed by atoms with Crippen LogP contribution in [0.2, 0.25) is 0 Å². The number of hydrogen-bond acceptors (Lipinski definition) is 4. The lowest BCUT2D eigenvalue weighted by Gasteiger charge is -2.46. The molecule has 0 bridgehead atoms. The van der Waals surface area contributed by atoms with Crippen molar-refractivity contribution >= 4 is 11.8 Å². The summed E-state index contributed by atoms with van der Waals surface area (Å²) in [6.07, 6.45) is 7.17. The van der Waals surface area contributed by atoms with Crippen LogP contribution in [-0.2, 0) is 4.79 Å². The highest BCUT2D eigenvalue weighted by molar-refractivity contribution is 6.00. The monoisotopic (exact) mass is 420 g/mol. The fraction of sp³-hybridized carbons (Fsp3) is 0.520. The van der Waals surface area contributed by atoms with Crippen molar-refractivity contribution in [2.75, 3.05) is 13.1 Å². The SMILES string of the molecule is Cc1ncc(C(=O)N2CCN(C(=O)C3CCCCC3)[C@H](C)[C@@H]2C)c(-c2ccccc2)n1. The Balaban J connectivity index is 1.55. The first-order valence-corrected chi connectivity index (χ1v) is 11.5. The smallest absolute Gasteiger partial charge is 0.258 e. The minimum Gasteiger partial charge on any atom is -0.336 e. The summed E-state index contributed by atoms with van der Waals surface area (Å²) in [5.41, 5.74) is 2.09. The zero-order valence-corrected chi connectivity index (χ0v) is 18.8. The van der Waals surface area contributed by atoms with Gasteiger partial charge >= 0.3 is 0 Å². The molecule has 1 saturated heterocycles. The number of aryl methyl sites for hydroxylation is 1. The molecule has 1 aromatic carbocycles. The van der Waals surface area contributed by atoms with Crippen LogP contribution in [0.15, 0.2) is 36.5 Å². The summed E-state index contributed by atoms with van der Waals surface area (Å²) in [6.45, 7) is 7.06. The Labute approximate surface area is 184 Å². The molecule has 2 aliphatic rings. The number of nitrogens with zero attached hydrogens (tertiary/aromatic N) is 4. The number of amides is 2. The molecular weight excluding hydrogens is 388 g/mol. The second-order valence-corrected chi connectivity index (χ2v) is 8.89. The Kier molecular flexibility index (Phi) is 6.35. The molecule has 2 aromatic rings. The number of rotatable bonds is 3. The highest BCUT2D eigenvalue weighted by atomic mass is 16.2. The molecule has 2 fully saturated rings. The average Bonchev–Trinajstić information content (AvgIpc) is 2.81. The highest BCUT2D eigenvalue weighted by Crippen LogP contribution is 2.29. The number of carbonyl (C=O) groups excluding carboxylic acids is 2. The van der Waals surface area contributed by atoms with Crippen LogP contribution in [0.5, 0.6) is 0 Å². The van der Waals surface area contributed by atoms with E-state index in [0.717, 1.165) is 31.2 Å². The molecule has 1 aromatic heterocycles. The number of piperazine rings is 1. The maximum absolute atomic E-state index is 13.6. The molecule has 2 heterocycles. The summed E-state index contributed by atoms with van der Waals surface area (Å²) in [6, 6.07) is 9.68. The fourth-order valence-electron chi connectivity index (χ4n) is 4.92. The minimum atomic E-state index is -0.0706. The van der Waals surface area contributed by atoms with E-state index in [-0.39, 0.29) is 29.8 Å². The van der Waals surface area contributed by atoms with Gasteiger partial charge in [-0.15, -0.1) is 0 Å². The maximum Gasteiger partial charge on any atom is 0.258 e. The van der Waals surface area contributed by atoms with Gasteiger partial charge in [0.1, 0.15) is 5.82 Å². The van der Waals surface area contributed by atoms with E-state index in [9.17, 15) is 9.59 Å². The number of aromatic nitrogens is 2. The topological polar surface area (TPSA) is 66.4 Å². The first-order valence-electron chi connectivity index (χ1n) is 11.5. The van der Waals surface area contributed by atoms with Crippen LogP contribution in [0, 0.1) is 12.8 Å². The van der Waals surface area contributed by atoms with Crippen LogP contribution in [0.1, 0.15) is 62.1 Å². The molecule has 4 rings (SSSR count). The Morgan fingerprint density at radius 3 is 2.29 bits per heavy atom. The van der Waals surface area contributed by atoms with Crippen LogP contribution >= 0.6 is 0 Å². The van der Waals surface area contributed by atoms with Crippen LogP contribution in [0.3, 0.4) is 0 Å². The molecule has 1 saturated carbocycles. The van der Waals surface area contributed by atoms with Gasteiger partial charge in [0.15, 0.2) is 0 Å². The van der Waals surface area contributed by atoms with Crippen molar-refractivity contribution in [3.8, 4) is 11.3 Å². The Morgan fingerprint density at radius 1 is 0.935 bits per heavy atom. The molecule has 0 N–H and O–H groups in total. The molecule has 164 valence electrons. The third-order valence-corrected chi connectivity index (χ3v) is 6.95. The molecule has 0 radical (unpaired) electrons. The highest BCUT2D eigenvalue weighted by Gasteiger charge is 2.39. The molecule has 2 amide bonds. The van der Waals surface area contributed by atoms with Crippen molar-refractivity contribution in [2.45, 2.75) is 65.0 Å². The molecular formula is C25H32N4O2. The van der Waals surface area contributed by atoms with Gasteiger partial charge in [0.2, 0.25) is 5.91 Å². The molecule has 6 heteroatoms. The largest absolute Gasteiger partial charge is 0.336 e. The van der Waals surface area contributed by atoms with Gasteiger partial charge in [-0.25, -0.2) is 9.97 Å². The molecule has 0 spiro atoms. The van der Waals surface area contributed by atoms with Gasteiger partial charge < -0.3 is 9.80 Å². The van der Waals surface area contributed by atoms with Gasteiger partial charge in [0.05, 0.1) is 11.3 Å². The first kappa shape index (κ1) is 21.5. The summed E-state index contributed by atoms with van der Waals surface area (Å²) in [4.78, 5) is 39.5. The molecule has 0 unspecified atom stereocenters. The van der Waals surface area contributed by atoms with Crippen molar-refractivity contribution in [1.29, 1.82) is 0 Å². The molecule has 1 aliphatic carbocycles. The van der Waals surface area contributed by atoms with Crippen molar-refractivity contribution < 1.29 is 9.59 Å². The summed E-state index contributed by atoms with van der Waals surface area (Å²) in [7, 11) is 0. The predicted octanol–water partition coefficient (Wildman–Crippen LogP) is 4.09. The molecule has 6 nitrogen and oxygen atoms in total. The summed E-state index contributed by atoms with van der Waals surface area (Å²) in [5, 5.41) is 0. The van der Waals surface area contributed by atoms with Gasteiger partial charge in [-0.2, -0.15) is 0 Å². The lowest BCUT2D eigenvalue weighted by Crippen LogP contribution is -2.61. The molecule has 31 heavy (non-hydrogen) atoms. The summed E-state index contributed by atoms with van der Waals surface area (Å²) >= 11 is 0. The number of carbonyl (C=O) groups is 2. The summed E-state index contributed by atoms with van der Waals surface area (Å²) < 4.78 is 0. The van der Waals surface area contributed by atoms with Crippen LogP contribution < -0.4 is 0 Å². The van der Waals surface area contributed by atoms with Crippen LogP contribution in [-0.4, -0.2) is 56.8 Å². The zero-order chi connectivity index (χ0) is 22.0. The van der Waals surface area contributed by atoms with Crippen LogP contribution in [0.25, 0.3) is 11.3 Å². The second-order valence-electron chi connectivity index (χ2n) is 8.89. The molecule has 1 aliphatic heterocycles. The van der Waals surface area contributed by atoms with E-state index in [2.05, 4.69) is 16.9 Å². The normalized spacial score (nSPS) is 22.4. The Hall–Kier alpha value is -2.76. The van der Waals surface area contributed by atoms with Gasteiger partial charge in [-0.1, -0.05) is 49.6 Å². The Morgan fingerprint density at radius 2 is 1.58 bits per heavy atom.